The summed E-state index contributed by atoms with van der Waals surface area (Å²) in [5.41, 5.74) is 0. The summed E-state index contributed by atoms with van der Waals surface area (Å²) in [6, 6.07) is 0. The molecule has 0 saturated carbocycles. The van der Waals surface area contributed by atoms with Crippen LogP contribution >= 0.6 is 0 Å². The molecule has 10 heavy (non-hydrogen) atoms. The maximum atomic E-state index is 10.6. The van der Waals surface area contributed by atoms with E-state index in [0.29, 0.717) is 0 Å². The summed E-state index contributed by atoms with van der Waals surface area (Å²) in [6.45, 7) is 4.74. The van der Waals surface area contributed by atoms with Gasteiger partial charge in [-0.2, -0.15) is 9.78 Å². The summed E-state index contributed by atoms with van der Waals surface area (Å²) in [6.07, 6.45) is -0.852. The first kappa shape index (κ1) is 7.65. The lowest BCUT2D eigenvalue weighted by Gasteiger charge is -2.10. The second kappa shape index (κ2) is 2.30. The third kappa shape index (κ3) is 1.53. The van der Waals surface area contributed by atoms with Gasteiger partial charge in [-0.15, -0.1) is 0 Å². The number of hydrogen-bond acceptors (Lipinski definition) is 4. The number of carbonyl (C=O) groups is 1. The minimum absolute atomic E-state index is 0.189. The number of ether oxygens (including phenoxy) is 1. The molecule has 0 aromatic carbocycles. The number of carbonyl (C=O) groups excluding carboxylic acids is 1. The van der Waals surface area contributed by atoms with Crippen LogP contribution in [0.3, 0.4) is 0 Å². The van der Waals surface area contributed by atoms with Crippen LogP contribution in [-0.2, 0) is 19.3 Å². The largest absolute Gasteiger partial charge is 0.309 e. The van der Waals surface area contributed by atoms with E-state index in [9.17, 15) is 4.79 Å². The van der Waals surface area contributed by atoms with Crippen molar-refractivity contribution in [1.82, 2.24) is 0 Å². The van der Waals surface area contributed by atoms with Gasteiger partial charge in [0.05, 0.1) is 0 Å². The highest BCUT2D eigenvalue weighted by molar-refractivity contribution is 5.79. The van der Waals surface area contributed by atoms with Crippen molar-refractivity contribution < 1.29 is 19.3 Å². The fourth-order valence-corrected chi connectivity index (χ4v) is 0.607. The van der Waals surface area contributed by atoms with Gasteiger partial charge in [0.1, 0.15) is 0 Å². The quantitative estimate of drug-likeness (QED) is 0.508. The van der Waals surface area contributed by atoms with Crippen LogP contribution in [-0.4, -0.2) is 17.9 Å². The lowest BCUT2D eigenvalue weighted by atomic mass is 10.4. The molecule has 0 aliphatic carbocycles. The first-order chi connectivity index (χ1) is 4.51. The van der Waals surface area contributed by atoms with Crippen molar-refractivity contribution in [2.75, 3.05) is 0 Å². The average Bonchev–Trinajstić information content (AvgIpc) is 2.10. The molecule has 1 aliphatic heterocycles. The second-order valence-corrected chi connectivity index (χ2v) is 2.64. The van der Waals surface area contributed by atoms with Crippen LogP contribution in [0.1, 0.15) is 20.8 Å². The SMILES string of the molecule is CC(=O)C1OOC(C)(C)O1. The molecule has 0 amide bonds. The highest BCUT2D eigenvalue weighted by atomic mass is 17.3. The Hall–Kier alpha value is -0.450. The van der Waals surface area contributed by atoms with E-state index in [-0.39, 0.29) is 5.78 Å². The van der Waals surface area contributed by atoms with Crippen molar-refractivity contribution in [3.05, 3.63) is 0 Å². The third-order valence-corrected chi connectivity index (χ3v) is 1.06. The number of hydrogen-bond donors (Lipinski definition) is 0. The molecule has 1 aliphatic rings. The molecule has 4 heteroatoms. The maximum absolute atomic E-state index is 10.6. The molecule has 1 heterocycles. The number of ketones is 1. The Morgan fingerprint density at radius 1 is 1.50 bits per heavy atom. The second-order valence-electron chi connectivity index (χ2n) is 2.64. The van der Waals surface area contributed by atoms with Gasteiger partial charge in [0, 0.05) is 0 Å². The molecule has 1 fully saturated rings. The zero-order chi connectivity index (χ0) is 7.78. The highest BCUT2D eigenvalue weighted by Gasteiger charge is 2.37. The van der Waals surface area contributed by atoms with Gasteiger partial charge < -0.3 is 4.74 Å². The van der Waals surface area contributed by atoms with Gasteiger partial charge in [0.25, 0.3) is 6.29 Å². The van der Waals surface area contributed by atoms with Crippen molar-refractivity contribution in [2.45, 2.75) is 32.8 Å². The zero-order valence-electron chi connectivity index (χ0n) is 6.21. The van der Waals surface area contributed by atoms with Crippen LogP contribution in [0.5, 0.6) is 0 Å². The molecule has 0 aromatic heterocycles. The molecular weight excluding hydrogens is 136 g/mol. The van der Waals surface area contributed by atoms with Crippen molar-refractivity contribution in [2.24, 2.45) is 0 Å². The monoisotopic (exact) mass is 146 g/mol. The van der Waals surface area contributed by atoms with Gasteiger partial charge in [0.15, 0.2) is 11.6 Å². The van der Waals surface area contributed by atoms with Gasteiger partial charge in [-0.05, 0) is 20.8 Å². The summed E-state index contributed by atoms with van der Waals surface area (Å²) < 4.78 is 5.02. The van der Waals surface area contributed by atoms with E-state index in [1.54, 1.807) is 13.8 Å². The molecule has 1 unspecified atom stereocenters. The molecule has 58 valence electrons. The Bertz CT molecular complexity index is 152. The van der Waals surface area contributed by atoms with E-state index in [4.69, 9.17) is 4.74 Å². The maximum Gasteiger partial charge on any atom is 0.252 e. The zero-order valence-corrected chi connectivity index (χ0v) is 6.21. The standard InChI is InChI=1S/C6H10O4/c1-4(7)5-8-6(2,3)10-9-5/h5H,1-3H3. The highest BCUT2D eigenvalue weighted by Crippen LogP contribution is 2.23. The van der Waals surface area contributed by atoms with Crippen LogP contribution in [0.15, 0.2) is 0 Å². The van der Waals surface area contributed by atoms with Gasteiger partial charge in [-0.1, -0.05) is 0 Å². The van der Waals surface area contributed by atoms with E-state index >= 15 is 0 Å². The van der Waals surface area contributed by atoms with E-state index in [1.165, 1.54) is 6.92 Å². The van der Waals surface area contributed by atoms with Gasteiger partial charge >= 0.3 is 0 Å². The minimum atomic E-state index is -0.852. The normalized spacial score (nSPS) is 30.5. The van der Waals surface area contributed by atoms with E-state index < -0.39 is 12.1 Å². The number of rotatable bonds is 1. The first-order valence-corrected chi connectivity index (χ1v) is 3.04. The lowest BCUT2D eigenvalue weighted by Crippen LogP contribution is -2.24. The van der Waals surface area contributed by atoms with Crippen LogP contribution in [0.25, 0.3) is 0 Å². The van der Waals surface area contributed by atoms with Gasteiger partial charge in [-0.3, -0.25) is 4.79 Å². The molecule has 1 rings (SSSR count). The van der Waals surface area contributed by atoms with Crippen molar-refractivity contribution in [3.63, 3.8) is 0 Å². The Balaban J connectivity index is 2.51. The van der Waals surface area contributed by atoms with Crippen LogP contribution in [0.2, 0.25) is 0 Å². The first-order valence-electron chi connectivity index (χ1n) is 3.04. The Morgan fingerprint density at radius 3 is 2.30 bits per heavy atom. The molecule has 4 nitrogen and oxygen atoms in total. The predicted octanol–water partition coefficient (Wildman–Crippen LogP) is 0.616. The van der Waals surface area contributed by atoms with Gasteiger partial charge in [-0.25, -0.2) is 0 Å². The molecule has 0 bridgehead atoms. The lowest BCUT2D eigenvalue weighted by molar-refractivity contribution is -0.317. The summed E-state index contributed by atoms with van der Waals surface area (Å²) in [4.78, 5) is 19.8. The molecule has 0 spiro atoms. The Labute approximate surface area is 59.0 Å². The summed E-state index contributed by atoms with van der Waals surface area (Å²) in [7, 11) is 0. The van der Waals surface area contributed by atoms with Crippen molar-refractivity contribution >= 4 is 5.78 Å². The van der Waals surface area contributed by atoms with Crippen LogP contribution in [0, 0.1) is 0 Å². The fourth-order valence-electron chi connectivity index (χ4n) is 0.607. The van der Waals surface area contributed by atoms with Crippen molar-refractivity contribution in [1.29, 1.82) is 0 Å². The fraction of sp³-hybridized carbons (Fsp3) is 0.833. The molecule has 1 saturated heterocycles. The smallest absolute Gasteiger partial charge is 0.252 e. The molecule has 0 aromatic rings. The molecule has 1 atom stereocenters. The summed E-state index contributed by atoms with van der Waals surface area (Å²) in [5, 5.41) is 0. The average molecular weight is 146 g/mol. The molecule has 0 radical (unpaired) electrons. The van der Waals surface area contributed by atoms with E-state index in [1.807, 2.05) is 0 Å². The predicted molar refractivity (Wildman–Crippen MR) is 31.8 cm³/mol. The van der Waals surface area contributed by atoms with Gasteiger partial charge in [0.2, 0.25) is 0 Å². The summed E-state index contributed by atoms with van der Waals surface area (Å²) in [5.74, 6) is -0.985. The van der Waals surface area contributed by atoms with Crippen molar-refractivity contribution in [3.8, 4) is 0 Å². The molecular formula is C6H10O4. The summed E-state index contributed by atoms with van der Waals surface area (Å²) >= 11 is 0. The van der Waals surface area contributed by atoms with E-state index in [0.717, 1.165) is 0 Å². The third-order valence-electron chi connectivity index (χ3n) is 1.06. The Kier molecular flexibility index (Phi) is 1.76. The minimum Gasteiger partial charge on any atom is -0.309 e. The molecule has 0 N–H and O–H groups in total. The van der Waals surface area contributed by atoms with Crippen LogP contribution < -0.4 is 0 Å². The Morgan fingerprint density at radius 2 is 2.10 bits per heavy atom. The number of Topliss-reactive ketones (excluding diaryl/α,β-unsaturated/α-hetero) is 1. The van der Waals surface area contributed by atoms with Crippen LogP contribution in [0.4, 0.5) is 0 Å². The van der Waals surface area contributed by atoms with E-state index in [2.05, 4.69) is 9.78 Å². The topological polar surface area (TPSA) is 44.8 Å².